The Morgan fingerprint density at radius 1 is 1.20 bits per heavy atom. The number of hydrogen-bond donors (Lipinski definition) is 0. The first kappa shape index (κ1) is 20.1. The number of halogens is 2. The van der Waals surface area contributed by atoms with Crippen molar-refractivity contribution in [3.05, 3.63) is 23.8 Å². The molecule has 3 aliphatic rings. The summed E-state index contributed by atoms with van der Waals surface area (Å²) in [5, 5.41) is 0. The lowest BCUT2D eigenvalue weighted by molar-refractivity contribution is -0.169. The van der Waals surface area contributed by atoms with Crippen molar-refractivity contribution in [1.29, 1.82) is 0 Å². The van der Waals surface area contributed by atoms with Crippen molar-refractivity contribution < 1.29 is 14.3 Å². The van der Waals surface area contributed by atoms with Gasteiger partial charge in [0.2, 0.25) is 0 Å². The molecule has 5 heteroatoms. The Balaban J connectivity index is 1.93. The number of carbonyl (C=O) groups is 1. The number of ether oxygens (including phenoxy) is 2. The summed E-state index contributed by atoms with van der Waals surface area (Å²) in [4.78, 5) is 12.1. The summed E-state index contributed by atoms with van der Waals surface area (Å²) < 4.78 is 13.3. The number of alkyl halides is 2. The Kier molecular flexibility index (Phi) is 5.96. The first-order valence-electron chi connectivity index (χ1n) is 9.18. The van der Waals surface area contributed by atoms with Crippen LogP contribution in [0, 0.1) is 5.92 Å². The van der Waals surface area contributed by atoms with E-state index in [1.54, 1.807) is 0 Å². The highest BCUT2D eigenvalue weighted by molar-refractivity contribution is 14.1. The van der Waals surface area contributed by atoms with E-state index in [9.17, 15) is 4.79 Å². The summed E-state index contributed by atoms with van der Waals surface area (Å²) in [6.45, 7) is 10.7. The molecule has 0 amide bonds. The zero-order valence-electron chi connectivity index (χ0n) is 15.3. The molecule has 0 radical (unpaired) electrons. The monoisotopic (exact) mass is 570 g/mol. The van der Waals surface area contributed by atoms with Crippen molar-refractivity contribution >= 4 is 51.2 Å². The number of esters is 1. The molecule has 25 heavy (non-hydrogen) atoms. The third kappa shape index (κ3) is 3.98. The molecule has 2 fully saturated rings. The molecular formula is C20H28I2O3. The second-order valence-corrected chi connectivity index (χ2v) is 11.3. The van der Waals surface area contributed by atoms with Crippen molar-refractivity contribution in [1.82, 2.24) is 0 Å². The molecule has 140 valence electrons. The minimum Gasteiger partial charge on any atom is -0.458 e. The van der Waals surface area contributed by atoms with Crippen LogP contribution < -0.4 is 0 Å². The van der Waals surface area contributed by atoms with Crippen molar-refractivity contribution in [2.24, 2.45) is 5.92 Å². The fourth-order valence-corrected chi connectivity index (χ4v) is 6.16. The van der Waals surface area contributed by atoms with Gasteiger partial charge in [0.25, 0.3) is 0 Å². The fraction of sp³-hybridized carbons (Fsp3) is 0.750. The highest BCUT2D eigenvalue weighted by Gasteiger charge is 2.50. The Hall–Kier alpha value is 0.370. The molecule has 0 aromatic heterocycles. The minimum absolute atomic E-state index is 0.0659. The smallest absolute Gasteiger partial charge is 0.334 e. The average Bonchev–Trinajstić information content (AvgIpc) is 2.78. The van der Waals surface area contributed by atoms with Gasteiger partial charge in [-0.05, 0) is 52.9 Å². The molecule has 0 aliphatic carbocycles. The van der Waals surface area contributed by atoms with Crippen LogP contribution in [0.15, 0.2) is 23.8 Å². The molecule has 0 spiro atoms. The van der Waals surface area contributed by atoms with Crippen molar-refractivity contribution in [2.45, 2.75) is 84.5 Å². The molecule has 0 saturated carbocycles. The highest BCUT2D eigenvalue weighted by atomic mass is 127. The quantitative estimate of drug-likeness (QED) is 0.126. The molecule has 0 aromatic rings. The molecule has 0 N–H and O–H groups in total. The van der Waals surface area contributed by atoms with E-state index in [0.29, 0.717) is 13.4 Å². The second-order valence-electron chi connectivity index (χ2n) is 8.31. The van der Waals surface area contributed by atoms with Crippen LogP contribution in [0.4, 0.5) is 0 Å². The van der Waals surface area contributed by atoms with Crippen LogP contribution in [0.2, 0.25) is 0 Å². The number of hydrogen-bond acceptors (Lipinski definition) is 3. The van der Waals surface area contributed by atoms with Crippen molar-refractivity contribution in [2.75, 3.05) is 0 Å². The molecule has 3 aliphatic heterocycles. The molecule has 0 unspecified atom stereocenters. The molecule has 3 rings (SSSR count). The van der Waals surface area contributed by atoms with Crippen LogP contribution >= 0.6 is 45.2 Å². The number of rotatable bonds is 0. The number of carbonyl (C=O) groups excluding carboxylic acids is 1. The lowest BCUT2D eigenvalue weighted by Crippen LogP contribution is -2.55. The highest BCUT2D eigenvalue weighted by Crippen LogP contribution is 2.48. The van der Waals surface area contributed by atoms with Gasteiger partial charge in [-0.25, -0.2) is 4.79 Å². The predicted molar refractivity (Wildman–Crippen MR) is 117 cm³/mol. The predicted octanol–water partition coefficient (Wildman–Crippen LogP) is 5.54. The summed E-state index contributed by atoms with van der Waals surface area (Å²) in [6, 6.07) is 0. The van der Waals surface area contributed by atoms with Gasteiger partial charge < -0.3 is 9.47 Å². The zero-order chi connectivity index (χ0) is 18.4. The Bertz CT molecular complexity index is 602. The van der Waals surface area contributed by atoms with Crippen LogP contribution in [0.5, 0.6) is 0 Å². The van der Waals surface area contributed by atoms with Crippen molar-refractivity contribution in [3.8, 4) is 0 Å². The van der Waals surface area contributed by atoms with Crippen LogP contribution in [-0.2, 0) is 14.3 Å². The second kappa shape index (κ2) is 7.41. The van der Waals surface area contributed by atoms with E-state index in [0.717, 1.165) is 32.1 Å². The molecule has 2 bridgehead atoms. The van der Waals surface area contributed by atoms with Gasteiger partial charge in [0.05, 0.1) is 11.2 Å². The number of fused-ring (bicyclic) bond motifs is 3. The van der Waals surface area contributed by atoms with Gasteiger partial charge >= 0.3 is 5.97 Å². The van der Waals surface area contributed by atoms with Crippen molar-refractivity contribution in [3.63, 3.8) is 0 Å². The van der Waals surface area contributed by atoms with Gasteiger partial charge in [0.1, 0.15) is 6.10 Å². The normalized spacial score (nSPS) is 47.8. The number of allylic oxidation sites excluding steroid dienone is 1. The molecule has 0 aromatic carbocycles. The minimum atomic E-state index is -0.215. The molecule has 3 heterocycles. The Morgan fingerprint density at radius 3 is 2.60 bits per heavy atom. The van der Waals surface area contributed by atoms with E-state index in [2.05, 4.69) is 78.6 Å². The first-order valence-corrected chi connectivity index (χ1v) is 11.7. The average molecular weight is 570 g/mol. The maximum Gasteiger partial charge on any atom is 0.334 e. The summed E-state index contributed by atoms with van der Waals surface area (Å²) in [5.74, 6) is -0.116. The summed E-state index contributed by atoms with van der Waals surface area (Å²) in [7, 11) is 0. The topological polar surface area (TPSA) is 35.5 Å². The maximum absolute atomic E-state index is 12.1. The van der Waals surface area contributed by atoms with Gasteiger partial charge in [-0.1, -0.05) is 63.4 Å². The Morgan fingerprint density at radius 2 is 1.88 bits per heavy atom. The van der Waals surface area contributed by atoms with E-state index in [1.165, 1.54) is 12.0 Å². The van der Waals surface area contributed by atoms with Gasteiger partial charge in [0.15, 0.2) is 0 Å². The summed E-state index contributed by atoms with van der Waals surface area (Å²) in [5.41, 5.74) is 1.69. The van der Waals surface area contributed by atoms with Crippen LogP contribution in [0.1, 0.15) is 59.3 Å². The van der Waals surface area contributed by atoms with Gasteiger partial charge in [-0.15, -0.1) is 0 Å². The lowest BCUT2D eigenvalue weighted by atomic mass is 9.78. The van der Waals surface area contributed by atoms with E-state index < -0.39 is 0 Å². The third-order valence-corrected chi connectivity index (χ3v) is 9.99. The Labute approximate surface area is 178 Å². The van der Waals surface area contributed by atoms with E-state index in [4.69, 9.17) is 9.47 Å². The summed E-state index contributed by atoms with van der Waals surface area (Å²) in [6.07, 6.45) is 8.25. The largest absolute Gasteiger partial charge is 0.458 e. The molecular weight excluding hydrogens is 542 g/mol. The van der Waals surface area contributed by atoms with Gasteiger partial charge in [-0.3, -0.25) is 0 Å². The third-order valence-electron chi connectivity index (χ3n) is 6.22. The molecule has 6 atom stereocenters. The maximum atomic E-state index is 12.1. The van der Waals surface area contributed by atoms with Gasteiger partial charge in [0, 0.05) is 25.8 Å². The van der Waals surface area contributed by atoms with E-state index in [1.807, 2.05) is 0 Å². The molecule has 2 saturated heterocycles. The summed E-state index contributed by atoms with van der Waals surface area (Å²) >= 11 is 5.11. The SMILES string of the molecule is C=C1C(=O)O[C@H]2C/C(C)=C/CC[C@@]3(C)O[C@](C)(CC[C@@H]3I)[C@@H](I)C[C@@H]12. The van der Waals surface area contributed by atoms with Crippen LogP contribution in [-0.4, -0.2) is 31.1 Å². The van der Waals surface area contributed by atoms with E-state index >= 15 is 0 Å². The standard InChI is InChI=1S/C20H28I2O3/c1-12-6-5-8-19(3)16(21)7-9-20(4,25-19)17(22)11-14-13(2)18(23)24-15(14)10-12/h6,14-17H,2,5,7-11H2,1,3-4H3/b12-6+/t14-,15-,16-,17-,19+,20+/m0/s1. The zero-order valence-corrected chi connectivity index (χ0v) is 19.6. The lowest BCUT2D eigenvalue weighted by Gasteiger charge is -2.50. The first-order chi connectivity index (χ1) is 11.6. The fourth-order valence-electron chi connectivity index (χ4n) is 4.42. The van der Waals surface area contributed by atoms with E-state index in [-0.39, 0.29) is 29.2 Å². The van der Waals surface area contributed by atoms with Crippen LogP contribution in [0.3, 0.4) is 0 Å². The van der Waals surface area contributed by atoms with Gasteiger partial charge in [-0.2, -0.15) is 0 Å². The molecule has 3 nitrogen and oxygen atoms in total. The van der Waals surface area contributed by atoms with Crippen LogP contribution in [0.25, 0.3) is 0 Å².